The predicted octanol–water partition coefficient (Wildman–Crippen LogP) is 6.96. The van der Waals surface area contributed by atoms with E-state index >= 15 is 0 Å². The largest absolute Gasteiger partial charge is 0.507 e. The minimum atomic E-state index is -1.31. The molecule has 194 valence electrons. The lowest BCUT2D eigenvalue weighted by Crippen LogP contribution is -2.21. The first-order valence-electron chi connectivity index (χ1n) is 11.9. The van der Waals surface area contributed by atoms with E-state index in [0.717, 1.165) is 0 Å². The van der Waals surface area contributed by atoms with Crippen LogP contribution in [0.1, 0.15) is 33.7 Å². The summed E-state index contributed by atoms with van der Waals surface area (Å²) in [5, 5.41) is 24.7. The molecule has 0 aliphatic carbocycles. The Bertz CT molecular complexity index is 1980. The van der Waals surface area contributed by atoms with Crippen molar-refractivity contribution in [2.45, 2.75) is 19.8 Å². The Labute approximate surface area is 230 Å². The molecule has 0 saturated heterocycles. The second kappa shape index (κ2) is 9.15. The van der Waals surface area contributed by atoms with E-state index in [1.54, 1.807) is 56.3 Å². The molecule has 0 unspecified atom stereocenters. The van der Waals surface area contributed by atoms with Crippen molar-refractivity contribution < 1.29 is 19.0 Å². The molecule has 39 heavy (non-hydrogen) atoms. The van der Waals surface area contributed by atoms with Gasteiger partial charge >= 0.3 is 11.3 Å². The Morgan fingerprint density at radius 2 is 1.26 bits per heavy atom. The van der Waals surface area contributed by atoms with Gasteiger partial charge in [-0.15, -0.1) is 0 Å². The van der Waals surface area contributed by atoms with E-state index in [9.17, 15) is 19.8 Å². The lowest BCUT2D eigenvalue weighted by atomic mass is 9.83. The fourth-order valence-electron chi connectivity index (χ4n) is 4.98. The number of nitrogens with zero attached hydrogens (tertiary/aromatic N) is 1. The van der Waals surface area contributed by atoms with Crippen molar-refractivity contribution in [3.05, 3.63) is 119 Å². The highest BCUT2D eigenvalue weighted by atomic mass is 35.5. The van der Waals surface area contributed by atoms with Crippen molar-refractivity contribution in [1.29, 1.82) is 0 Å². The monoisotopic (exact) mass is 559 g/mol. The van der Waals surface area contributed by atoms with Crippen LogP contribution in [0.2, 0.25) is 10.0 Å². The normalized spacial score (nSPS) is 11.7. The Morgan fingerprint density at radius 1 is 0.744 bits per heavy atom. The molecule has 3 aromatic carbocycles. The first kappa shape index (κ1) is 25.0. The van der Waals surface area contributed by atoms with Crippen LogP contribution < -0.4 is 11.3 Å². The van der Waals surface area contributed by atoms with Crippen LogP contribution in [0, 0.1) is 13.8 Å². The maximum atomic E-state index is 13.5. The lowest BCUT2D eigenvalue weighted by molar-refractivity contribution is 0.442. The van der Waals surface area contributed by atoms with Gasteiger partial charge in [0.25, 0.3) is 0 Å². The summed E-state index contributed by atoms with van der Waals surface area (Å²) in [5.41, 5.74) is 0.219. The zero-order chi connectivity index (χ0) is 27.6. The van der Waals surface area contributed by atoms with Gasteiger partial charge in [0, 0.05) is 21.6 Å². The van der Waals surface area contributed by atoms with Crippen LogP contribution in [0.25, 0.3) is 32.8 Å². The van der Waals surface area contributed by atoms with Crippen LogP contribution in [0.3, 0.4) is 0 Å². The number of pyridine rings is 1. The Kier molecular flexibility index (Phi) is 5.86. The van der Waals surface area contributed by atoms with Crippen LogP contribution in [0.5, 0.6) is 11.5 Å². The van der Waals surface area contributed by atoms with Crippen LogP contribution in [-0.4, -0.2) is 15.2 Å². The van der Waals surface area contributed by atoms with Crippen LogP contribution in [0.4, 0.5) is 0 Å². The summed E-state index contributed by atoms with van der Waals surface area (Å²) in [4.78, 5) is 31.5. The van der Waals surface area contributed by atoms with E-state index in [1.165, 1.54) is 18.3 Å². The highest BCUT2D eigenvalue weighted by molar-refractivity contribution is 6.32. The molecule has 0 amide bonds. The second-order valence-corrected chi connectivity index (χ2v) is 10.2. The van der Waals surface area contributed by atoms with Gasteiger partial charge in [-0.2, -0.15) is 0 Å². The smallest absolute Gasteiger partial charge is 0.344 e. The van der Waals surface area contributed by atoms with E-state index in [1.807, 2.05) is 0 Å². The van der Waals surface area contributed by atoms with E-state index in [2.05, 4.69) is 4.98 Å². The highest BCUT2D eigenvalue weighted by Gasteiger charge is 2.34. The van der Waals surface area contributed by atoms with Gasteiger partial charge in [0.1, 0.15) is 22.7 Å². The molecule has 0 saturated carbocycles. The molecule has 0 atom stereocenters. The van der Waals surface area contributed by atoms with E-state index in [-0.39, 0.29) is 33.1 Å². The molecule has 7 nitrogen and oxygen atoms in total. The topological polar surface area (TPSA) is 114 Å². The van der Waals surface area contributed by atoms with Gasteiger partial charge in [-0.3, -0.25) is 4.98 Å². The Hall–Kier alpha value is -4.33. The summed E-state index contributed by atoms with van der Waals surface area (Å²) in [7, 11) is 0. The lowest BCUT2D eigenvalue weighted by Gasteiger charge is -2.21. The van der Waals surface area contributed by atoms with E-state index < -0.39 is 28.7 Å². The number of benzene rings is 3. The predicted molar refractivity (Wildman–Crippen MR) is 150 cm³/mol. The summed E-state index contributed by atoms with van der Waals surface area (Å²) < 4.78 is 11.2. The number of halogens is 2. The van der Waals surface area contributed by atoms with Crippen molar-refractivity contribution >= 4 is 56.0 Å². The number of aromatic hydroxyl groups is 2. The zero-order valence-electron chi connectivity index (χ0n) is 20.6. The number of para-hydroxylation sites is 1. The molecule has 0 bridgehead atoms. The number of aryl methyl sites for hydroxylation is 2. The summed E-state index contributed by atoms with van der Waals surface area (Å²) in [5.74, 6) is -2.18. The van der Waals surface area contributed by atoms with Gasteiger partial charge in [-0.25, -0.2) is 9.59 Å². The van der Waals surface area contributed by atoms with E-state index in [4.69, 9.17) is 32.0 Å². The Morgan fingerprint density at radius 3 is 1.79 bits per heavy atom. The van der Waals surface area contributed by atoms with Crippen LogP contribution in [-0.2, 0) is 0 Å². The summed E-state index contributed by atoms with van der Waals surface area (Å²) in [6.45, 7) is 3.48. The quantitative estimate of drug-likeness (QED) is 0.225. The molecule has 0 aliphatic rings. The van der Waals surface area contributed by atoms with E-state index in [0.29, 0.717) is 37.6 Å². The number of fused-ring (bicyclic) bond motifs is 3. The third kappa shape index (κ3) is 3.93. The van der Waals surface area contributed by atoms with Gasteiger partial charge < -0.3 is 19.0 Å². The van der Waals surface area contributed by atoms with Crippen LogP contribution in [0.15, 0.2) is 79.2 Å². The van der Waals surface area contributed by atoms with Gasteiger partial charge in [0.2, 0.25) is 0 Å². The molecule has 0 spiro atoms. The molecule has 0 radical (unpaired) electrons. The minimum absolute atomic E-state index is 0.124. The molecule has 0 aliphatic heterocycles. The number of hydrogen-bond acceptors (Lipinski definition) is 7. The van der Waals surface area contributed by atoms with Crippen molar-refractivity contribution in [1.82, 2.24) is 4.98 Å². The molecular formula is C30H19Cl2NO6. The molecule has 9 heteroatoms. The second-order valence-electron chi connectivity index (χ2n) is 9.35. The van der Waals surface area contributed by atoms with Crippen molar-refractivity contribution in [2.24, 2.45) is 0 Å². The third-order valence-corrected chi connectivity index (χ3v) is 7.77. The summed E-state index contributed by atoms with van der Waals surface area (Å²) in [6, 6.07) is 14.8. The third-order valence-electron chi connectivity index (χ3n) is 6.96. The molecule has 2 N–H and O–H groups in total. The van der Waals surface area contributed by atoms with Crippen molar-refractivity contribution in [2.75, 3.05) is 0 Å². The first-order valence-corrected chi connectivity index (χ1v) is 12.7. The van der Waals surface area contributed by atoms with Crippen LogP contribution >= 0.6 is 23.2 Å². The summed E-state index contributed by atoms with van der Waals surface area (Å²) >= 11 is 12.7. The highest BCUT2D eigenvalue weighted by Crippen LogP contribution is 2.44. The van der Waals surface area contributed by atoms with Crippen molar-refractivity contribution in [3.8, 4) is 11.5 Å². The maximum Gasteiger partial charge on any atom is 0.344 e. The Balaban J connectivity index is 1.79. The number of hydrogen-bond donors (Lipinski definition) is 2. The number of aromatic nitrogens is 1. The maximum absolute atomic E-state index is 13.5. The SMILES string of the molecule is Cc1cc2oc(=O)c(C(c3c(O)c4cc(Cl)c(C)cc4oc3=O)c3ccnc4ccccc34)c(O)c2cc1Cl. The molecular weight excluding hydrogens is 541 g/mol. The zero-order valence-corrected chi connectivity index (χ0v) is 22.1. The van der Waals surface area contributed by atoms with Crippen molar-refractivity contribution in [3.63, 3.8) is 0 Å². The average molecular weight is 560 g/mol. The average Bonchev–Trinajstić information content (AvgIpc) is 2.90. The van der Waals surface area contributed by atoms with Gasteiger partial charge in [0.15, 0.2) is 0 Å². The first-order chi connectivity index (χ1) is 18.7. The molecule has 6 aromatic rings. The fraction of sp³-hybridized carbons (Fsp3) is 0.100. The molecule has 3 aromatic heterocycles. The van der Waals surface area contributed by atoms with Gasteiger partial charge in [0.05, 0.1) is 33.3 Å². The standard InChI is InChI=1S/C30H19Cl2NO6/c1-13-9-22-17(11-19(13)31)27(34)25(29(36)38-22)24(16-7-8-33-21-6-4-3-5-15(16)21)26-28(35)18-12-20(32)14(2)10-23(18)39-30(26)37/h3-12,24,34-35H,1-2H3. The minimum Gasteiger partial charge on any atom is -0.507 e. The molecule has 3 heterocycles. The molecule has 0 fully saturated rings. The fourth-order valence-corrected chi connectivity index (χ4v) is 5.30. The molecule has 6 rings (SSSR count). The summed E-state index contributed by atoms with van der Waals surface area (Å²) in [6.07, 6.45) is 1.52. The number of rotatable bonds is 3. The van der Waals surface area contributed by atoms with Gasteiger partial charge in [-0.05, 0) is 66.9 Å². The van der Waals surface area contributed by atoms with Gasteiger partial charge in [-0.1, -0.05) is 41.4 Å².